The van der Waals surface area contributed by atoms with Crippen molar-refractivity contribution in [3.05, 3.63) is 64.6 Å². The van der Waals surface area contributed by atoms with Crippen LogP contribution in [0.3, 0.4) is 0 Å². The second-order valence-electron chi connectivity index (χ2n) is 8.20. The van der Waals surface area contributed by atoms with E-state index in [2.05, 4.69) is 0 Å². The zero-order chi connectivity index (χ0) is 22.0. The normalized spacial score (nSPS) is 25.0. The van der Waals surface area contributed by atoms with Gasteiger partial charge in [-0.25, -0.2) is 4.79 Å². The fourth-order valence-corrected chi connectivity index (χ4v) is 4.52. The highest BCUT2D eigenvalue weighted by atomic mass is 16.5. The van der Waals surface area contributed by atoms with Crippen LogP contribution in [0.15, 0.2) is 53.5 Å². The Morgan fingerprint density at radius 2 is 1.77 bits per heavy atom. The van der Waals surface area contributed by atoms with Gasteiger partial charge in [0.15, 0.2) is 0 Å². The number of rotatable bonds is 5. The number of likely N-dealkylation sites (tertiary alicyclic amines) is 1. The number of benzene rings is 1. The zero-order valence-electron chi connectivity index (χ0n) is 17.3. The number of hydrogen-bond donors (Lipinski definition) is 1. The molecule has 31 heavy (non-hydrogen) atoms. The van der Waals surface area contributed by atoms with Crippen molar-refractivity contribution in [1.82, 2.24) is 9.47 Å². The number of carbonyl (C=O) groups is 2. The maximum atomic E-state index is 12.7. The van der Waals surface area contributed by atoms with Crippen LogP contribution < -0.4 is 10.3 Å². The van der Waals surface area contributed by atoms with E-state index in [-0.39, 0.29) is 36.0 Å². The molecule has 2 heterocycles. The molecule has 8 heteroatoms. The Hall–Kier alpha value is -3.13. The average Bonchev–Trinajstić information content (AvgIpc) is 3.18. The van der Waals surface area contributed by atoms with Crippen molar-refractivity contribution in [2.45, 2.75) is 31.6 Å². The van der Waals surface area contributed by atoms with Gasteiger partial charge < -0.3 is 24.0 Å². The van der Waals surface area contributed by atoms with E-state index >= 15 is 0 Å². The van der Waals surface area contributed by atoms with E-state index in [1.165, 1.54) is 17.7 Å². The summed E-state index contributed by atoms with van der Waals surface area (Å²) in [7, 11) is 1.33. The largest absolute Gasteiger partial charge is 0.488 e. The highest BCUT2D eigenvalue weighted by Crippen LogP contribution is 2.38. The number of methoxy groups -OCH3 is 1. The summed E-state index contributed by atoms with van der Waals surface area (Å²) in [6.45, 7) is 1.20. The molecule has 1 saturated carbocycles. The van der Waals surface area contributed by atoms with Gasteiger partial charge in [-0.05, 0) is 55.0 Å². The number of esters is 1. The first-order valence-electron chi connectivity index (χ1n) is 10.4. The van der Waals surface area contributed by atoms with Gasteiger partial charge in [0.05, 0.1) is 18.8 Å². The molecule has 0 unspecified atom stereocenters. The monoisotopic (exact) mass is 426 g/mol. The number of fused-ring (bicyclic) bond motifs is 1. The molecular weight excluding hydrogens is 400 g/mol. The van der Waals surface area contributed by atoms with Crippen LogP contribution in [0.25, 0.3) is 0 Å². The molecule has 4 atom stereocenters. The smallest absolute Gasteiger partial charge is 0.337 e. The first kappa shape index (κ1) is 21.1. The van der Waals surface area contributed by atoms with Gasteiger partial charge in [-0.3, -0.25) is 9.59 Å². The Balaban J connectivity index is 1.36. The summed E-state index contributed by atoms with van der Waals surface area (Å²) in [5.41, 5.74) is 0.233. The van der Waals surface area contributed by atoms with Crippen molar-refractivity contribution in [2.75, 3.05) is 20.2 Å². The van der Waals surface area contributed by atoms with Crippen molar-refractivity contribution in [1.29, 1.82) is 0 Å². The summed E-state index contributed by atoms with van der Waals surface area (Å²) in [4.78, 5) is 37.9. The second-order valence-corrected chi connectivity index (χ2v) is 8.20. The maximum absolute atomic E-state index is 12.7. The Kier molecular flexibility index (Phi) is 6.08. The molecule has 2 fully saturated rings. The molecule has 0 spiro atoms. The first-order chi connectivity index (χ1) is 14.9. The lowest BCUT2D eigenvalue weighted by molar-refractivity contribution is -0.131. The minimum absolute atomic E-state index is 0.0220. The van der Waals surface area contributed by atoms with Gasteiger partial charge in [-0.2, -0.15) is 0 Å². The summed E-state index contributed by atoms with van der Waals surface area (Å²) in [6.07, 6.45) is 1.80. The standard InChI is InChI=1S/C23H26N2O6/c1-30-23(29)15-5-7-18(8-6-15)31-20-11-17-13-25(12-16(17)10-19(20)26)22(28)14-24-9-3-2-4-21(24)27/h2-9,16-17,19-20,26H,10-14H2,1H3/t16-,17+,19+,20+/m0/s1. The number of nitrogens with zero attached hydrogens (tertiary/aromatic N) is 2. The van der Waals surface area contributed by atoms with E-state index in [1.54, 1.807) is 47.5 Å². The van der Waals surface area contributed by atoms with Gasteiger partial charge in [0.2, 0.25) is 5.91 Å². The molecule has 1 N–H and O–H groups in total. The molecule has 8 nitrogen and oxygen atoms in total. The third-order valence-electron chi connectivity index (χ3n) is 6.21. The quantitative estimate of drug-likeness (QED) is 0.724. The van der Waals surface area contributed by atoms with Crippen LogP contribution in [0.2, 0.25) is 0 Å². The predicted molar refractivity (Wildman–Crippen MR) is 112 cm³/mol. The molecular formula is C23H26N2O6. The molecule has 4 rings (SSSR count). The third kappa shape index (κ3) is 4.64. The fourth-order valence-electron chi connectivity index (χ4n) is 4.52. The summed E-state index contributed by atoms with van der Waals surface area (Å²) in [5, 5.41) is 10.6. The van der Waals surface area contributed by atoms with Crippen molar-refractivity contribution in [2.24, 2.45) is 11.8 Å². The minimum Gasteiger partial charge on any atom is -0.488 e. The van der Waals surface area contributed by atoms with E-state index in [0.29, 0.717) is 37.2 Å². The van der Waals surface area contributed by atoms with Gasteiger partial charge >= 0.3 is 5.97 Å². The summed E-state index contributed by atoms with van der Waals surface area (Å²) < 4.78 is 12.1. The van der Waals surface area contributed by atoms with E-state index in [0.717, 1.165) is 0 Å². The molecule has 1 aliphatic carbocycles. The maximum Gasteiger partial charge on any atom is 0.337 e. The number of amides is 1. The van der Waals surface area contributed by atoms with Crippen molar-refractivity contribution < 1.29 is 24.2 Å². The molecule has 164 valence electrons. The van der Waals surface area contributed by atoms with Crippen LogP contribution in [-0.4, -0.2) is 58.9 Å². The highest BCUT2D eigenvalue weighted by molar-refractivity contribution is 5.89. The zero-order valence-corrected chi connectivity index (χ0v) is 17.3. The number of carbonyl (C=O) groups excluding carboxylic acids is 2. The van der Waals surface area contributed by atoms with Gasteiger partial charge in [-0.15, -0.1) is 0 Å². The first-order valence-corrected chi connectivity index (χ1v) is 10.4. The van der Waals surface area contributed by atoms with Crippen LogP contribution in [0.5, 0.6) is 5.75 Å². The molecule has 0 bridgehead atoms. The fraction of sp³-hybridized carbons (Fsp3) is 0.435. The lowest BCUT2D eigenvalue weighted by Gasteiger charge is -2.35. The lowest BCUT2D eigenvalue weighted by atomic mass is 9.78. The highest BCUT2D eigenvalue weighted by Gasteiger charge is 2.43. The number of hydrogen-bond acceptors (Lipinski definition) is 6. The molecule has 0 radical (unpaired) electrons. The molecule has 2 aliphatic rings. The van der Waals surface area contributed by atoms with E-state index in [9.17, 15) is 19.5 Å². The van der Waals surface area contributed by atoms with Crippen LogP contribution in [0.1, 0.15) is 23.2 Å². The van der Waals surface area contributed by atoms with Crippen LogP contribution in [-0.2, 0) is 16.1 Å². The lowest BCUT2D eigenvalue weighted by Crippen LogP contribution is -2.42. The topological polar surface area (TPSA) is 98.1 Å². The average molecular weight is 426 g/mol. The van der Waals surface area contributed by atoms with Gasteiger partial charge in [0.25, 0.3) is 5.56 Å². The van der Waals surface area contributed by atoms with E-state index in [4.69, 9.17) is 9.47 Å². The summed E-state index contributed by atoms with van der Waals surface area (Å²) in [5.74, 6) is 0.519. The molecule has 2 aromatic rings. The Morgan fingerprint density at radius 1 is 1.06 bits per heavy atom. The number of pyridine rings is 1. The Morgan fingerprint density at radius 3 is 2.45 bits per heavy atom. The van der Waals surface area contributed by atoms with Crippen LogP contribution >= 0.6 is 0 Å². The van der Waals surface area contributed by atoms with Crippen molar-refractivity contribution in [3.8, 4) is 5.75 Å². The predicted octanol–water partition coefficient (Wildman–Crippen LogP) is 1.31. The van der Waals surface area contributed by atoms with E-state index < -0.39 is 12.1 Å². The van der Waals surface area contributed by atoms with Crippen LogP contribution in [0.4, 0.5) is 0 Å². The van der Waals surface area contributed by atoms with Gasteiger partial charge in [0, 0.05) is 25.4 Å². The molecule has 1 amide bonds. The number of aliphatic hydroxyl groups is 1. The van der Waals surface area contributed by atoms with Gasteiger partial charge in [-0.1, -0.05) is 6.07 Å². The molecule has 1 saturated heterocycles. The summed E-state index contributed by atoms with van der Waals surface area (Å²) in [6, 6.07) is 11.4. The molecule has 1 aromatic heterocycles. The van der Waals surface area contributed by atoms with Crippen LogP contribution in [0, 0.1) is 11.8 Å². The number of ether oxygens (including phenoxy) is 2. The SMILES string of the molecule is COC(=O)c1ccc(O[C@@H]2C[C@@H]3CN(C(=O)Cn4ccccc4=O)C[C@@H]3C[C@H]2O)cc1. The summed E-state index contributed by atoms with van der Waals surface area (Å²) >= 11 is 0. The van der Waals surface area contributed by atoms with Crippen molar-refractivity contribution >= 4 is 11.9 Å². The Labute approximate surface area is 180 Å². The number of aromatic nitrogens is 1. The third-order valence-corrected chi connectivity index (χ3v) is 6.21. The van der Waals surface area contributed by atoms with E-state index in [1.807, 2.05) is 0 Å². The Bertz CT molecular complexity index is 1000. The van der Waals surface area contributed by atoms with Crippen molar-refractivity contribution in [3.63, 3.8) is 0 Å². The number of aliphatic hydroxyl groups excluding tert-OH is 1. The molecule has 1 aromatic carbocycles. The second kappa shape index (κ2) is 8.93. The minimum atomic E-state index is -0.631. The molecule has 1 aliphatic heterocycles. The van der Waals surface area contributed by atoms with Gasteiger partial charge in [0.1, 0.15) is 18.4 Å².